The van der Waals surface area contributed by atoms with Crippen molar-refractivity contribution >= 4 is 76.1 Å². The number of urea groups is 2. The number of anilines is 2. The third-order valence-electron chi connectivity index (χ3n) is 18.7. The van der Waals surface area contributed by atoms with Gasteiger partial charge in [0, 0.05) is 63.4 Å². The maximum Gasteiger partial charge on any atom is 0.488 e. The number of aromatic nitrogens is 4. The van der Waals surface area contributed by atoms with Gasteiger partial charge in [-0.25, -0.2) is 9.59 Å². The molecule has 3 aliphatic heterocycles. The molecule has 5 heterocycles. The van der Waals surface area contributed by atoms with Crippen molar-refractivity contribution in [3.8, 4) is 0 Å². The Morgan fingerprint density at radius 3 is 1.37 bits per heavy atom. The minimum absolute atomic E-state index is 0.0575. The first-order valence-corrected chi connectivity index (χ1v) is 39.3. The first kappa shape index (κ1) is 84.9. The van der Waals surface area contributed by atoms with E-state index in [1.807, 2.05) is 157 Å². The first-order chi connectivity index (χ1) is 51.5. The Bertz CT molecular complexity index is 3990. The zero-order valence-corrected chi connectivity index (χ0v) is 64.5. The number of rotatable bonds is 33. The van der Waals surface area contributed by atoms with Crippen molar-refractivity contribution in [3.63, 3.8) is 0 Å². The molecule has 26 nitrogen and oxygen atoms in total. The number of carbonyl (C=O) groups excluding carboxylic acids is 2. The highest BCUT2D eigenvalue weighted by Gasteiger charge is 2.55. The number of aliphatic hydroxyl groups excluding tert-OH is 2. The average Bonchev–Trinajstić information content (AvgIpc) is 1.60. The third kappa shape index (κ3) is 24.9. The molecule has 4 amide bonds. The molecule has 11 rings (SSSR count). The summed E-state index contributed by atoms with van der Waals surface area (Å²) in [5.74, 6) is 0.00572. The van der Waals surface area contributed by atoms with Crippen molar-refractivity contribution in [3.05, 3.63) is 191 Å². The molecule has 0 radical (unpaired) electrons. The highest BCUT2D eigenvalue weighted by atomic mass is 31.1. The molecule has 2 unspecified atom stereocenters. The summed E-state index contributed by atoms with van der Waals surface area (Å²) in [5.41, 5.74) is 13.6. The Morgan fingerprint density at radius 1 is 0.561 bits per heavy atom. The van der Waals surface area contributed by atoms with E-state index in [1.54, 1.807) is 37.3 Å². The van der Waals surface area contributed by atoms with Crippen molar-refractivity contribution in [1.82, 2.24) is 39.5 Å². The van der Waals surface area contributed by atoms with Gasteiger partial charge in [0.1, 0.15) is 30.2 Å². The van der Waals surface area contributed by atoms with Gasteiger partial charge >= 0.3 is 42.7 Å². The standard InChI is InChI=1S/C39H53B2N5O6.C34H43N5O4.2C2H5O3P/c1-6-22-50-23-14-13-21-44-33(25-28-15-9-7-10-16-28)35-36(52-39(2,3)51-35)34(26-29-17-11-8-12-18-29)45(38(44)47)27-30-19-20-32-31(24-30)37(42-40(4)48)43-46(32)41(5)49;1-2-18-43-19-10-9-17-38-29(21-24-11-5-3-6-12-24)31(40)32(41)30(22-25-13-7-4-8-14-25)39(34(38)42)23-26-15-16-28-27(20-26)33(35)37-36-28;2*1-2-5-6(3)4/h7-12,15-20,24,33-36,48-49H,6,13-14,21-23,25-27H2,1-5H3,(H,42,43);3-8,11-16,20,29-32,40-41H,2,9-10,17-19,21-23H2,1H3,(H3,35,36,37);2*2H2,1H3/t33-,34-,35+,36+;29-,30-,31+,32+;;/m11../s1. The molecular formula is C77H106B2N10O16P2. The lowest BCUT2D eigenvalue weighted by Gasteiger charge is -2.37. The molecule has 10 atom stereocenters. The Hall–Kier alpha value is -7.75. The summed E-state index contributed by atoms with van der Waals surface area (Å²) in [6.07, 6.45) is 4.04. The highest BCUT2D eigenvalue weighted by molar-refractivity contribution is 7.30. The van der Waals surface area contributed by atoms with Crippen molar-refractivity contribution in [2.75, 3.05) is 63.7 Å². The van der Waals surface area contributed by atoms with E-state index < -0.39 is 66.8 Å². The highest BCUT2D eigenvalue weighted by Crippen LogP contribution is 2.41. The smallest absolute Gasteiger partial charge is 0.488 e. The van der Waals surface area contributed by atoms with E-state index in [0.717, 1.165) is 94.8 Å². The summed E-state index contributed by atoms with van der Waals surface area (Å²) in [6, 6.07) is 49.8. The molecule has 8 aromatic rings. The van der Waals surface area contributed by atoms with Crippen LogP contribution < -0.4 is 20.7 Å². The summed E-state index contributed by atoms with van der Waals surface area (Å²) in [7, 11) is -6.93. The van der Waals surface area contributed by atoms with Crippen LogP contribution in [0.4, 0.5) is 21.2 Å². The molecule has 0 bridgehead atoms. The van der Waals surface area contributed by atoms with Crippen LogP contribution in [0.1, 0.15) is 113 Å². The second-order valence-corrected chi connectivity index (χ2v) is 28.7. The number of fused-ring (bicyclic) bond motifs is 3. The largest absolute Gasteiger partial charge is 0.566 e. The van der Waals surface area contributed by atoms with Crippen molar-refractivity contribution in [2.45, 2.75) is 187 Å². The SMILES string of the molecule is CCCOCCCCN1C(=O)N(Cc2ccc3[nH]nc(N)c3c2)[C@H](Cc2ccccc2)[C@H](O)[C@@H](O)[C@H]1Cc1ccccc1.CCCOCCCCN1C(=O)N(Cc2ccc3c(c2)c(NB(C)O)nn3B(C)O)[C@H](Cc2ccccc2)[C@@H]2OC(C)(C)O[C@H]2[C@H]1Cc1ccccc1.CCO[P+](=O)[O-].CCO[P+](=O)[O-]. The number of hydrogen-bond acceptors (Lipinski definition) is 20. The Kier molecular flexibility index (Phi) is 34.0. The van der Waals surface area contributed by atoms with Gasteiger partial charge < -0.3 is 79.6 Å². The van der Waals surface area contributed by atoms with Gasteiger partial charge in [-0.15, -0.1) is 9.05 Å². The lowest BCUT2D eigenvalue weighted by atomic mass is 9.88. The number of carbonyl (C=O) groups is 2. The number of ether oxygens (including phenoxy) is 4. The molecule has 30 heteroatoms. The van der Waals surface area contributed by atoms with Gasteiger partial charge in [0.2, 0.25) is 0 Å². The molecule has 8 N–H and O–H groups in total. The van der Waals surface area contributed by atoms with E-state index in [0.29, 0.717) is 82.3 Å². The van der Waals surface area contributed by atoms with Gasteiger partial charge in [-0.3, -0.25) is 9.69 Å². The van der Waals surface area contributed by atoms with Crippen LogP contribution in [0.5, 0.6) is 0 Å². The van der Waals surface area contributed by atoms with Crippen LogP contribution >= 0.6 is 16.5 Å². The van der Waals surface area contributed by atoms with Crippen LogP contribution in [0.25, 0.3) is 21.8 Å². The normalized spacial score (nSPS) is 20.1. The van der Waals surface area contributed by atoms with Crippen molar-refractivity contribution in [1.29, 1.82) is 0 Å². The molecule has 3 aliphatic rings. The summed E-state index contributed by atoms with van der Waals surface area (Å²) >= 11 is 0. The number of nitrogen functional groups attached to an aromatic ring is 1. The summed E-state index contributed by atoms with van der Waals surface area (Å²) < 4.78 is 53.5. The quantitative estimate of drug-likeness (QED) is 0.0114. The predicted octanol–water partition coefficient (Wildman–Crippen LogP) is 10.3. The summed E-state index contributed by atoms with van der Waals surface area (Å²) in [5, 5.41) is 60.4. The van der Waals surface area contributed by atoms with E-state index in [2.05, 4.69) is 67.7 Å². The van der Waals surface area contributed by atoms with Gasteiger partial charge in [0.05, 0.1) is 48.4 Å². The van der Waals surface area contributed by atoms with Crippen LogP contribution in [-0.4, -0.2) is 193 Å². The third-order valence-corrected chi connectivity index (χ3v) is 19.6. The molecule has 0 spiro atoms. The second kappa shape index (κ2) is 42.9. The molecule has 0 saturated carbocycles. The van der Waals surface area contributed by atoms with Gasteiger partial charge in [0.15, 0.2) is 11.6 Å². The maximum atomic E-state index is 15.3. The molecule has 107 heavy (non-hydrogen) atoms. The number of amides is 4. The van der Waals surface area contributed by atoms with E-state index in [9.17, 15) is 44.0 Å². The lowest BCUT2D eigenvalue weighted by molar-refractivity contribution is -0.186. The number of unbranched alkanes of at least 4 members (excludes halogenated alkanes) is 2. The van der Waals surface area contributed by atoms with Gasteiger partial charge in [0.25, 0.3) is 0 Å². The summed E-state index contributed by atoms with van der Waals surface area (Å²) in [6.45, 7) is 19.4. The predicted molar refractivity (Wildman–Crippen MR) is 413 cm³/mol. The number of nitrogens with one attached hydrogen (secondary N) is 2. The fourth-order valence-electron chi connectivity index (χ4n) is 13.8. The van der Waals surface area contributed by atoms with Gasteiger partial charge in [-0.2, -0.15) is 10.2 Å². The maximum absolute atomic E-state index is 15.3. The fraction of sp³-hybridized carbons (Fsp3) is 0.481. The number of H-pyrrole nitrogens is 1. The molecule has 3 saturated heterocycles. The second-order valence-electron chi connectivity index (χ2n) is 27.3. The molecular weight excluding hydrogens is 1400 g/mol. The van der Waals surface area contributed by atoms with E-state index >= 15 is 4.79 Å². The van der Waals surface area contributed by atoms with Crippen LogP contribution in [-0.2, 0) is 75.9 Å². The molecule has 3 fully saturated rings. The van der Waals surface area contributed by atoms with Crippen LogP contribution in [0, 0.1) is 0 Å². The topological polar surface area (TPSA) is 348 Å². The Morgan fingerprint density at radius 2 is 0.963 bits per heavy atom. The van der Waals surface area contributed by atoms with Crippen molar-refractivity contribution < 1.29 is 76.8 Å². The number of aliphatic hydroxyl groups is 2. The van der Waals surface area contributed by atoms with E-state index in [1.165, 1.54) is 4.59 Å². The number of hydrogen-bond donors (Lipinski definition) is 7. The Labute approximate surface area is 631 Å². The zero-order valence-electron chi connectivity index (χ0n) is 62.7. The molecule has 2 aromatic heterocycles. The number of nitrogens with two attached hydrogens (primary N) is 1. The molecule has 6 aromatic carbocycles. The van der Waals surface area contributed by atoms with Crippen LogP contribution in [0.2, 0.25) is 13.6 Å². The van der Waals surface area contributed by atoms with E-state index in [-0.39, 0.29) is 50.0 Å². The molecule has 0 aliphatic carbocycles. The average molecular weight is 1510 g/mol. The van der Waals surface area contributed by atoms with Gasteiger partial charge in [-0.05, 0) is 172 Å². The number of nitrogens with zero attached hydrogens (tertiary/aromatic N) is 7. The number of aromatic amines is 1. The summed E-state index contributed by atoms with van der Waals surface area (Å²) in [4.78, 5) is 56.3. The molecule has 576 valence electrons. The minimum Gasteiger partial charge on any atom is -0.566 e. The van der Waals surface area contributed by atoms with Gasteiger partial charge in [-0.1, -0.05) is 147 Å². The van der Waals surface area contributed by atoms with Crippen molar-refractivity contribution in [2.24, 2.45) is 0 Å². The Balaban J connectivity index is 0.000000237. The lowest BCUT2D eigenvalue weighted by Crippen LogP contribution is -2.52. The van der Waals surface area contributed by atoms with E-state index in [4.69, 9.17) is 24.7 Å². The number of benzene rings is 6. The minimum atomic E-state index is -2.60. The fourth-order valence-corrected chi connectivity index (χ4v) is 14.3. The van der Waals surface area contributed by atoms with Crippen LogP contribution in [0.15, 0.2) is 158 Å². The zero-order chi connectivity index (χ0) is 77.0. The monoisotopic (exact) mass is 1510 g/mol. The van der Waals surface area contributed by atoms with Crippen LogP contribution in [0.3, 0.4) is 0 Å². The first-order valence-electron chi connectivity index (χ1n) is 37.1.